The Morgan fingerprint density at radius 1 is 0.941 bits per heavy atom. The molecule has 1 aromatic heterocycles. The quantitative estimate of drug-likeness (QED) is 0.304. The molecule has 0 fully saturated rings. The Labute approximate surface area is 208 Å². The molecular formula is C24H15Cl3FN3O3. The van der Waals surface area contributed by atoms with Crippen molar-refractivity contribution in [3.8, 4) is 16.9 Å². The molecule has 3 aromatic carbocycles. The lowest BCUT2D eigenvalue weighted by atomic mass is 10.0. The monoisotopic (exact) mass is 517 g/mol. The van der Waals surface area contributed by atoms with Crippen LogP contribution >= 0.6 is 34.8 Å². The molecule has 1 heterocycles. The lowest BCUT2D eigenvalue weighted by Crippen LogP contribution is -2.16. The van der Waals surface area contributed by atoms with E-state index in [0.29, 0.717) is 32.7 Å². The van der Waals surface area contributed by atoms with Crippen LogP contribution in [0.2, 0.25) is 15.1 Å². The molecule has 4 aromatic rings. The summed E-state index contributed by atoms with van der Waals surface area (Å²) in [5, 5.41) is 17.8. The molecule has 0 bridgehead atoms. The van der Waals surface area contributed by atoms with Crippen LogP contribution in [0.25, 0.3) is 16.9 Å². The van der Waals surface area contributed by atoms with E-state index in [1.807, 2.05) is 0 Å². The number of aliphatic carboxylic acids is 1. The normalized spacial score (nSPS) is 10.8. The fourth-order valence-corrected chi connectivity index (χ4v) is 4.02. The van der Waals surface area contributed by atoms with Crippen molar-refractivity contribution in [3.63, 3.8) is 0 Å². The van der Waals surface area contributed by atoms with E-state index in [9.17, 15) is 19.1 Å². The highest BCUT2D eigenvalue weighted by Crippen LogP contribution is 2.34. The molecule has 34 heavy (non-hydrogen) atoms. The highest BCUT2D eigenvalue weighted by Gasteiger charge is 2.27. The molecule has 0 saturated heterocycles. The van der Waals surface area contributed by atoms with Crippen molar-refractivity contribution in [2.24, 2.45) is 0 Å². The minimum Gasteiger partial charge on any atom is -0.481 e. The zero-order valence-corrected chi connectivity index (χ0v) is 19.5. The van der Waals surface area contributed by atoms with E-state index in [0.717, 1.165) is 0 Å². The number of carboxylic acids is 1. The summed E-state index contributed by atoms with van der Waals surface area (Å²) in [5.41, 5.74) is 1.68. The van der Waals surface area contributed by atoms with Crippen LogP contribution in [0.15, 0.2) is 66.7 Å². The second-order valence-electron chi connectivity index (χ2n) is 7.22. The summed E-state index contributed by atoms with van der Waals surface area (Å²) >= 11 is 18.5. The Hall–Kier alpha value is -3.39. The van der Waals surface area contributed by atoms with Crippen LogP contribution < -0.4 is 5.32 Å². The Bertz CT molecular complexity index is 1390. The van der Waals surface area contributed by atoms with Crippen molar-refractivity contribution in [2.45, 2.75) is 6.42 Å². The molecule has 0 radical (unpaired) electrons. The third kappa shape index (κ3) is 5.07. The molecule has 0 atom stereocenters. The van der Waals surface area contributed by atoms with Gasteiger partial charge in [0.2, 0.25) is 0 Å². The molecule has 0 aliphatic carbocycles. The molecule has 0 aliphatic heterocycles. The van der Waals surface area contributed by atoms with Crippen LogP contribution in [-0.2, 0) is 11.2 Å². The van der Waals surface area contributed by atoms with Crippen LogP contribution in [-0.4, -0.2) is 26.8 Å². The van der Waals surface area contributed by atoms with Gasteiger partial charge >= 0.3 is 5.97 Å². The summed E-state index contributed by atoms with van der Waals surface area (Å²) in [6.07, 6.45) is -0.491. The highest BCUT2D eigenvalue weighted by molar-refractivity contribution is 6.35. The molecule has 172 valence electrons. The van der Waals surface area contributed by atoms with E-state index >= 15 is 0 Å². The number of rotatable bonds is 6. The molecule has 0 saturated carbocycles. The minimum absolute atomic E-state index is 0.123. The summed E-state index contributed by atoms with van der Waals surface area (Å²) in [6.45, 7) is 0. The molecule has 10 heteroatoms. The third-order valence-electron chi connectivity index (χ3n) is 4.88. The number of hydrogen-bond acceptors (Lipinski definition) is 3. The maximum Gasteiger partial charge on any atom is 0.307 e. The summed E-state index contributed by atoms with van der Waals surface area (Å²) in [4.78, 5) is 24.9. The van der Waals surface area contributed by atoms with Gasteiger partial charge < -0.3 is 10.4 Å². The van der Waals surface area contributed by atoms with Gasteiger partial charge in [0, 0.05) is 26.9 Å². The summed E-state index contributed by atoms with van der Waals surface area (Å²) in [7, 11) is 0. The van der Waals surface area contributed by atoms with Crippen LogP contribution in [0.3, 0.4) is 0 Å². The lowest BCUT2D eigenvalue weighted by molar-refractivity contribution is -0.136. The van der Waals surface area contributed by atoms with Crippen molar-refractivity contribution in [3.05, 3.63) is 98.9 Å². The van der Waals surface area contributed by atoms with Gasteiger partial charge in [-0.05, 0) is 54.6 Å². The molecule has 4 rings (SSSR count). The molecule has 6 nitrogen and oxygen atoms in total. The van der Waals surface area contributed by atoms with Crippen LogP contribution in [0.5, 0.6) is 0 Å². The molecule has 1 amide bonds. The molecular weight excluding hydrogens is 504 g/mol. The zero-order valence-electron chi connectivity index (χ0n) is 17.2. The molecule has 0 unspecified atom stereocenters. The predicted molar refractivity (Wildman–Crippen MR) is 130 cm³/mol. The number of nitrogens with zero attached hydrogens (tertiary/aromatic N) is 2. The smallest absolute Gasteiger partial charge is 0.307 e. The fourth-order valence-electron chi connectivity index (χ4n) is 3.41. The summed E-state index contributed by atoms with van der Waals surface area (Å²) in [5.74, 6) is -2.29. The number of amides is 1. The van der Waals surface area contributed by atoms with Gasteiger partial charge in [-0.15, -0.1) is 0 Å². The standard InChI is InChI=1S/C24H15Cl3FN3O3/c25-14-3-1-13(2-4-14)23-18(12-21(32)33)22(24(34)29-17-8-6-16(28)7-9-17)30-31(23)20-10-5-15(26)11-19(20)27/h1-11H,12H2,(H,29,34)(H,32,33). The average Bonchev–Trinajstić information content (AvgIpc) is 3.14. The van der Waals surface area contributed by atoms with Crippen molar-refractivity contribution in [2.75, 3.05) is 5.32 Å². The van der Waals surface area contributed by atoms with Crippen molar-refractivity contribution in [1.82, 2.24) is 9.78 Å². The van der Waals surface area contributed by atoms with E-state index in [1.165, 1.54) is 35.0 Å². The number of halogens is 4. The Kier molecular flexibility index (Phi) is 6.88. The number of aromatic nitrogens is 2. The molecule has 2 N–H and O–H groups in total. The number of benzene rings is 3. The Morgan fingerprint density at radius 3 is 2.21 bits per heavy atom. The average molecular weight is 519 g/mol. The first kappa shape index (κ1) is 23.8. The van der Waals surface area contributed by atoms with Gasteiger partial charge in [0.05, 0.1) is 22.8 Å². The zero-order chi connectivity index (χ0) is 24.4. The summed E-state index contributed by atoms with van der Waals surface area (Å²) < 4.78 is 14.7. The van der Waals surface area contributed by atoms with Gasteiger partial charge in [-0.3, -0.25) is 9.59 Å². The Morgan fingerprint density at radius 2 is 1.59 bits per heavy atom. The van der Waals surface area contributed by atoms with Gasteiger partial charge in [-0.25, -0.2) is 9.07 Å². The largest absolute Gasteiger partial charge is 0.481 e. The van der Waals surface area contributed by atoms with Gasteiger partial charge in [-0.1, -0.05) is 46.9 Å². The van der Waals surface area contributed by atoms with Gasteiger partial charge in [0.1, 0.15) is 5.82 Å². The number of carboxylic acid groups (broad SMARTS) is 1. The minimum atomic E-state index is -1.16. The topological polar surface area (TPSA) is 84.2 Å². The number of anilines is 1. The van der Waals surface area contributed by atoms with Crippen LogP contribution in [0.4, 0.5) is 10.1 Å². The van der Waals surface area contributed by atoms with Gasteiger partial charge in [0.25, 0.3) is 5.91 Å². The second kappa shape index (κ2) is 9.85. The van der Waals surface area contributed by atoms with E-state index in [1.54, 1.807) is 36.4 Å². The van der Waals surface area contributed by atoms with Gasteiger partial charge in [0.15, 0.2) is 5.69 Å². The first-order chi connectivity index (χ1) is 16.2. The SMILES string of the molecule is O=C(O)Cc1c(C(=O)Nc2ccc(F)cc2)nn(-c2ccc(Cl)cc2Cl)c1-c1ccc(Cl)cc1. The van der Waals surface area contributed by atoms with Crippen molar-refractivity contribution in [1.29, 1.82) is 0 Å². The first-order valence-corrected chi connectivity index (χ1v) is 11.0. The van der Waals surface area contributed by atoms with Gasteiger partial charge in [-0.2, -0.15) is 5.10 Å². The molecule has 0 aliphatic rings. The number of carbonyl (C=O) groups excluding carboxylic acids is 1. The van der Waals surface area contributed by atoms with E-state index in [4.69, 9.17) is 34.8 Å². The van der Waals surface area contributed by atoms with Crippen LogP contribution in [0, 0.1) is 5.82 Å². The maximum absolute atomic E-state index is 13.3. The highest BCUT2D eigenvalue weighted by atomic mass is 35.5. The van der Waals surface area contributed by atoms with Crippen molar-refractivity contribution < 1.29 is 19.1 Å². The number of nitrogens with one attached hydrogen (secondary N) is 1. The van der Waals surface area contributed by atoms with Crippen molar-refractivity contribution >= 4 is 52.4 Å². The third-order valence-corrected chi connectivity index (χ3v) is 5.67. The van der Waals surface area contributed by atoms with E-state index in [-0.39, 0.29) is 16.3 Å². The Balaban J connectivity index is 1.93. The first-order valence-electron chi connectivity index (χ1n) is 9.85. The number of carbonyl (C=O) groups is 2. The fraction of sp³-hybridized carbons (Fsp3) is 0.0417. The van der Waals surface area contributed by atoms with E-state index in [2.05, 4.69) is 10.4 Å². The van der Waals surface area contributed by atoms with E-state index < -0.39 is 24.1 Å². The predicted octanol–water partition coefficient (Wildman–Crippen LogP) is 6.52. The molecule has 0 spiro atoms. The second-order valence-corrected chi connectivity index (χ2v) is 8.50. The number of hydrogen-bond donors (Lipinski definition) is 2. The maximum atomic E-state index is 13.3. The summed E-state index contributed by atoms with van der Waals surface area (Å²) in [6, 6.07) is 16.5. The van der Waals surface area contributed by atoms with Crippen LogP contribution in [0.1, 0.15) is 16.1 Å². The lowest BCUT2D eigenvalue weighted by Gasteiger charge is -2.11.